The van der Waals surface area contributed by atoms with Crippen LogP contribution in [0.25, 0.3) is 4.85 Å². The predicted octanol–water partition coefficient (Wildman–Crippen LogP) is 5.51. The van der Waals surface area contributed by atoms with E-state index in [0.29, 0.717) is 12.1 Å². The fraction of sp³-hybridized carbons (Fsp3) is 0.278. The highest BCUT2D eigenvalue weighted by Crippen LogP contribution is 2.68. The zero-order valence-corrected chi connectivity index (χ0v) is 12.9. The van der Waals surface area contributed by atoms with Crippen molar-refractivity contribution >= 4 is 5.69 Å². The molecule has 2 atom stereocenters. The average molecular weight is 389 g/mol. The van der Waals surface area contributed by atoms with E-state index in [0.717, 1.165) is 0 Å². The summed E-state index contributed by atoms with van der Waals surface area (Å²) in [6.07, 6.45) is -5.28. The molecule has 2 aromatic rings. The Kier molecular flexibility index (Phi) is 2.57. The minimum Gasteiger partial charge on any atom is -0.458 e. The zero-order valence-electron chi connectivity index (χ0n) is 16.9. The fourth-order valence-electron chi connectivity index (χ4n) is 3.35. The lowest BCUT2D eigenvalue weighted by atomic mass is 9.95. The molecule has 0 heterocycles. The highest BCUT2D eigenvalue weighted by molar-refractivity contribution is 5.61. The topological polar surface area (TPSA) is 33.8 Å². The molecule has 2 aliphatic rings. The van der Waals surface area contributed by atoms with Gasteiger partial charge in [0.05, 0.1) is 12.1 Å². The van der Waals surface area contributed by atoms with Crippen LogP contribution >= 0.6 is 0 Å². The third-order valence-corrected chi connectivity index (χ3v) is 4.52. The van der Waals surface area contributed by atoms with E-state index < -0.39 is 87.8 Å². The molecule has 0 saturated heterocycles. The Morgan fingerprint density at radius 3 is 2.63 bits per heavy atom. The highest BCUT2D eigenvalue weighted by Gasteiger charge is 2.79. The first-order valence-corrected chi connectivity index (χ1v) is 7.33. The van der Waals surface area contributed by atoms with E-state index in [2.05, 4.69) is 4.85 Å². The molecule has 4 rings (SSSR count). The van der Waals surface area contributed by atoms with E-state index in [4.69, 9.17) is 16.8 Å². The van der Waals surface area contributed by atoms with Crippen molar-refractivity contribution < 1.29 is 41.7 Å². The summed E-state index contributed by atoms with van der Waals surface area (Å²) in [7, 11) is 0. The molecule has 0 radical (unpaired) electrons. The molecule has 3 nitrogen and oxygen atoms in total. The van der Waals surface area contributed by atoms with Crippen LogP contribution in [-0.4, -0.2) is 11.0 Å². The first-order chi connectivity index (χ1) is 14.1. The number of halogens is 6. The van der Waals surface area contributed by atoms with Crippen LogP contribution < -0.4 is 4.74 Å². The van der Waals surface area contributed by atoms with Gasteiger partial charge in [0.25, 0.3) is 0 Å². The lowest BCUT2D eigenvalue weighted by molar-refractivity contribution is -0.287. The van der Waals surface area contributed by atoms with E-state index >= 15 is 0 Å². The first kappa shape index (κ1) is 13.4. The smallest absolute Gasteiger partial charge is 0.346 e. The quantitative estimate of drug-likeness (QED) is 0.543. The molecule has 0 aromatic heterocycles. The maximum atomic E-state index is 15.0. The number of hydrogen-bond donors (Lipinski definition) is 1. The van der Waals surface area contributed by atoms with Crippen LogP contribution in [0.4, 0.5) is 32.0 Å². The minimum atomic E-state index is -5.15. The van der Waals surface area contributed by atoms with Crippen LogP contribution in [0, 0.1) is 12.4 Å². The SMILES string of the molecule is [2H]c1c(F)c([2H])c(Oc2ccc3c4c2[C@@]([2H])(F)C[C@]4(O)C(F)(F)C3(F)F)c([2H])c1[N+]#[C-]. The molecule has 0 saturated carbocycles. The van der Waals surface area contributed by atoms with Gasteiger partial charge in [-0.1, -0.05) is 0 Å². The summed E-state index contributed by atoms with van der Waals surface area (Å²) in [5.74, 6) is -13.5. The number of aliphatic hydroxyl groups is 1. The normalized spacial score (nSPS) is 31.3. The molecule has 27 heavy (non-hydrogen) atoms. The van der Waals surface area contributed by atoms with Gasteiger partial charge in [0.1, 0.15) is 23.5 Å². The number of nitrogens with zero attached hydrogens (tertiary/aromatic N) is 1. The van der Waals surface area contributed by atoms with Crippen LogP contribution in [0.2, 0.25) is 0 Å². The largest absolute Gasteiger partial charge is 0.458 e. The second-order valence-corrected chi connectivity index (χ2v) is 6.03. The van der Waals surface area contributed by atoms with E-state index in [1.54, 1.807) is 0 Å². The second-order valence-electron chi connectivity index (χ2n) is 6.03. The summed E-state index contributed by atoms with van der Waals surface area (Å²) in [6.45, 7) is 6.94. The Morgan fingerprint density at radius 1 is 1.26 bits per heavy atom. The van der Waals surface area contributed by atoms with Gasteiger partial charge < -0.3 is 9.84 Å². The van der Waals surface area contributed by atoms with Gasteiger partial charge in [-0.15, -0.1) is 0 Å². The molecule has 9 heteroatoms. The van der Waals surface area contributed by atoms with E-state index in [1.165, 1.54) is 0 Å². The average Bonchev–Trinajstić information content (AvgIpc) is 2.96. The Balaban J connectivity index is 1.99. The van der Waals surface area contributed by atoms with Crippen molar-refractivity contribution in [2.75, 3.05) is 0 Å². The molecule has 2 aliphatic carbocycles. The number of hydrogen-bond acceptors (Lipinski definition) is 2. The first-order valence-electron chi connectivity index (χ1n) is 9.33. The van der Waals surface area contributed by atoms with Crippen molar-refractivity contribution in [3.63, 3.8) is 0 Å². The summed E-state index contributed by atoms with van der Waals surface area (Å²) in [5, 5.41) is 10.3. The summed E-state index contributed by atoms with van der Waals surface area (Å²) in [5.41, 5.74) is -8.45. The Morgan fingerprint density at radius 2 is 1.96 bits per heavy atom. The van der Waals surface area contributed by atoms with E-state index in [-0.39, 0.29) is 0 Å². The summed E-state index contributed by atoms with van der Waals surface area (Å²) in [4.78, 5) is 2.78. The van der Waals surface area contributed by atoms with Crippen LogP contribution in [0.3, 0.4) is 0 Å². The molecule has 0 amide bonds. The van der Waals surface area contributed by atoms with Crippen LogP contribution in [0.15, 0.2) is 30.3 Å². The fourth-order valence-corrected chi connectivity index (χ4v) is 3.35. The van der Waals surface area contributed by atoms with Gasteiger partial charge in [0, 0.05) is 29.2 Å². The third kappa shape index (κ3) is 2.07. The van der Waals surface area contributed by atoms with E-state index in [1.807, 2.05) is 0 Å². The Labute approximate surface area is 154 Å². The van der Waals surface area contributed by atoms with Crippen molar-refractivity contribution in [3.05, 3.63) is 64.2 Å². The molecule has 0 spiro atoms. The molecule has 2 aromatic carbocycles. The lowest BCUT2D eigenvalue weighted by Crippen LogP contribution is -2.48. The monoisotopic (exact) mass is 389 g/mol. The van der Waals surface area contributed by atoms with Gasteiger partial charge >= 0.3 is 11.8 Å². The summed E-state index contributed by atoms with van der Waals surface area (Å²) in [6, 6.07) is -2.25. The lowest BCUT2D eigenvalue weighted by Gasteiger charge is -2.30. The van der Waals surface area contributed by atoms with Gasteiger partial charge in [-0.3, -0.25) is 0 Å². The van der Waals surface area contributed by atoms with Gasteiger partial charge in [-0.2, -0.15) is 17.6 Å². The Hall–Kier alpha value is -2.73. The van der Waals surface area contributed by atoms with Gasteiger partial charge in [0.15, 0.2) is 11.3 Å². The van der Waals surface area contributed by atoms with Crippen LogP contribution in [0.5, 0.6) is 11.5 Å². The van der Waals surface area contributed by atoms with E-state index in [9.17, 15) is 31.4 Å². The van der Waals surface area contributed by atoms with Crippen molar-refractivity contribution in [2.45, 2.75) is 30.0 Å². The number of alkyl halides is 5. The highest BCUT2D eigenvalue weighted by atomic mass is 19.3. The van der Waals surface area contributed by atoms with Gasteiger partial charge in [-0.05, 0) is 24.2 Å². The number of ether oxygens (including phenoxy) is 1. The predicted molar refractivity (Wildman–Crippen MR) is 80.4 cm³/mol. The molecule has 140 valence electrons. The maximum absolute atomic E-state index is 15.0. The molecule has 0 bridgehead atoms. The molecule has 0 fully saturated rings. The molecule has 1 N–H and O–H groups in total. The summed E-state index contributed by atoms with van der Waals surface area (Å²) >= 11 is 0. The van der Waals surface area contributed by atoms with Crippen LogP contribution in [-0.2, 0) is 11.5 Å². The van der Waals surface area contributed by atoms with Crippen molar-refractivity contribution in [2.24, 2.45) is 0 Å². The standard InChI is InChI=1S/C18H9F6NO2/c1-25-9-4-8(19)5-10(6-9)27-13-3-2-11-15-14(13)12(20)7-16(15,26)18(23,24)17(11,21)22/h2-6,12,26H,7H2/t12-,16+/m0/s1/i4D,5D,6D,12D. The van der Waals surface area contributed by atoms with Gasteiger partial charge in [-0.25, -0.2) is 13.6 Å². The number of rotatable bonds is 2. The number of benzene rings is 2. The van der Waals surface area contributed by atoms with Crippen molar-refractivity contribution in [3.8, 4) is 11.5 Å². The zero-order chi connectivity index (χ0) is 23.3. The van der Waals surface area contributed by atoms with Crippen LogP contribution in [0.1, 0.15) is 34.7 Å². The van der Waals surface area contributed by atoms with Crippen molar-refractivity contribution in [1.82, 2.24) is 0 Å². The summed E-state index contributed by atoms with van der Waals surface area (Å²) < 4.78 is 122. The molecular weight excluding hydrogens is 376 g/mol. The minimum absolute atomic E-state index is 0.416. The molecular formula is C18H9F6NO2. The Bertz CT molecular complexity index is 1210. The van der Waals surface area contributed by atoms with Crippen molar-refractivity contribution in [1.29, 1.82) is 0 Å². The molecule has 0 unspecified atom stereocenters. The second kappa shape index (κ2) is 5.16. The molecule has 0 aliphatic heterocycles. The van der Waals surface area contributed by atoms with Gasteiger partial charge in [0.2, 0.25) is 0 Å². The maximum Gasteiger partial charge on any atom is 0.346 e. The third-order valence-electron chi connectivity index (χ3n) is 4.52.